The van der Waals surface area contributed by atoms with Gasteiger partial charge in [0.1, 0.15) is 13.0 Å². The van der Waals surface area contributed by atoms with Crippen LogP contribution in [-0.2, 0) is 23.1 Å². The Balaban J connectivity index is 1.51. The Bertz CT molecular complexity index is 1190. The number of aliphatic imine (C=N–C) groups is 1. The summed E-state index contributed by atoms with van der Waals surface area (Å²) in [6.45, 7) is 0.250. The molecule has 32 heavy (non-hydrogen) atoms. The first-order chi connectivity index (χ1) is 15.6. The Morgan fingerprint density at radius 3 is 2.94 bits per heavy atom. The number of fused-ring (bicyclic) bond motifs is 1. The van der Waals surface area contributed by atoms with Gasteiger partial charge in [0.15, 0.2) is 11.6 Å². The van der Waals surface area contributed by atoms with Crippen LogP contribution in [0.15, 0.2) is 41.8 Å². The summed E-state index contributed by atoms with van der Waals surface area (Å²) in [5.74, 6) is 0.884. The van der Waals surface area contributed by atoms with Crippen molar-refractivity contribution in [2.75, 3.05) is 12.0 Å². The van der Waals surface area contributed by atoms with Gasteiger partial charge in [0, 0.05) is 24.9 Å². The van der Waals surface area contributed by atoms with E-state index in [4.69, 9.17) is 10.6 Å². The number of carbonyl (C=O) groups is 1. The molecule has 1 atom stereocenters. The first kappa shape index (κ1) is 20.1. The van der Waals surface area contributed by atoms with Crippen molar-refractivity contribution < 1.29 is 9.63 Å². The Hall–Kier alpha value is -3.86. The minimum absolute atomic E-state index is 0.0599. The molecule has 0 saturated heterocycles. The van der Waals surface area contributed by atoms with Crippen molar-refractivity contribution >= 4 is 23.6 Å². The van der Waals surface area contributed by atoms with E-state index in [1.54, 1.807) is 9.75 Å². The van der Waals surface area contributed by atoms with Gasteiger partial charge >= 0.3 is 5.91 Å². The van der Waals surface area contributed by atoms with Crippen molar-refractivity contribution in [3.05, 3.63) is 47.9 Å². The first-order valence-corrected chi connectivity index (χ1v) is 10.5. The van der Waals surface area contributed by atoms with Gasteiger partial charge in [-0.05, 0) is 30.4 Å². The fourth-order valence-electron chi connectivity index (χ4n) is 4.18. The second-order valence-electron chi connectivity index (χ2n) is 7.75. The summed E-state index contributed by atoms with van der Waals surface area (Å²) < 4.78 is 1.70. The molecule has 11 heteroatoms. The quantitative estimate of drug-likeness (QED) is 0.582. The molecule has 5 rings (SSSR count). The van der Waals surface area contributed by atoms with Gasteiger partial charge in [-0.1, -0.05) is 24.6 Å². The predicted molar refractivity (Wildman–Crippen MR) is 116 cm³/mol. The van der Waals surface area contributed by atoms with Crippen LogP contribution in [0.5, 0.6) is 0 Å². The molecule has 0 spiro atoms. The third kappa shape index (κ3) is 3.89. The van der Waals surface area contributed by atoms with Gasteiger partial charge in [0.2, 0.25) is 5.95 Å². The molecule has 3 heterocycles. The molecular weight excluding hydrogens is 410 g/mol. The second-order valence-corrected chi connectivity index (χ2v) is 7.75. The molecule has 3 N–H and O–H groups in total. The van der Waals surface area contributed by atoms with Crippen LogP contribution in [-0.4, -0.2) is 48.3 Å². The first-order valence-electron chi connectivity index (χ1n) is 10.5. The zero-order chi connectivity index (χ0) is 22.1. The number of primary amides is 1. The number of nitrogens with zero attached hydrogens (tertiary/aromatic N) is 7. The van der Waals surface area contributed by atoms with E-state index in [0.29, 0.717) is 17.6 Å². The van der Waals surface area contributed by atoms with Crippen molar-refractivity contribution in [3.63, 3.8) is 0 Å². The summed E-state index contributed by atoms with van der Waals surface area (Å²) in [6, 6.07) is 7.88. The van der Waals surface area contributed by atoms with E-state index < -0.39 is 5.91 Å². The molecule has 0 saturated carbocycles. The van der Waals surface area contributed by atoms with Crippen molar-refractivity contribution in [1.82, 2.24) is 29.8 Å². The van der Waals surface area contributed by atoms with E-state index in [9.17, 15) is 4.79 Å². The zero-order valence-electron chi connectivity index (χ0n) is 17.6. The minimum atomic E-state index is -0.669. The molecule has 2 aliphatic rings. The topological polar surface area (TPSA) is 136 Å². The number of benzene rings is 1. The highest BCUT2D eigenvalue weighted by molar-refractivity contribution is 6.34. The maximum atomic E-state index is 11.5. The van der Waals surface area contributed by atoms with E-state index in [2.05, 4.69) is 36.4 Å². The Kier molecular flexibility index (Phi) is 5.23. The van der Waals surface area contributed by atoms with E-state index in [0.717, 1.165) is 36.8 Å². The number of nitrogens with two attached hydrogens (primary N) is 1. The Morgan fingerprint density at radius 1 is 1.25 bits per heavy atom. The average Bonchev–Trinajstić information content (AvgIpc) is 3.38. The largest absolute Gasteiger partial charge is 0.378 e. The lowest BCUT2D eigenvalue weighted by atomic mass is 9.93. The molecule has 2 aromatic heterocycles. The minimum Gasteiger partial charge on any atom is -0.378 e. The zero-order valence-corrected chi connectivity index (χ0v) is 17.6. The number of hydroxylamine groups is 2. The molecule has 1 aromatic carbocycles. The fraction of sp³-hybridized carbons (Fsp3) is 0.333. The number of rotatable bonds is 5. The van der Waals surface area contributed by atoms with Crippen LogP contribution < -0.4 is 11.1 Å². The van der Waals surface area contributed by atoms with Crippen molar-refractivity contribution in [2.24, 2.45) is 17.8 Å². The molecule has 0 bridgehead atoms. The van der Waals surface area contributed by atoms with Gasteiger partial charge in [0.25, 0.3) is 5.90 Å². The van der Waals surface area contributed by atoms with E-state index in [1.807, 2.05) is 31.4 Å². The van der Waals surface area contributed by atoms with Crippen molar-refractivity contribution in [3.8, 4) is 11.4 Å². The number of hydrogen-bond acceptors (Lipinski definition) is 9. The number of hydrogen-bond donors (Lipinski definition) is 2. The Labute approximate surface area is 184 Å². The predicted octanol–water partition coefficient (Wildman–Crippen LogP) is 1.87. The van der Waals surface area contributed by atoms with Crippen LogP contribution in [0, 0.1) is 0 Å². The number of aromatic nitrogens is 5. The number of anilines is 2. The highest BCUT2D eigenvalue weighted by Gasteiger charge is 2.34. The standard InChI is InChI=1S/C21H23N9O2/c1-29-10-9-16(28-29)26-21-24-11-23-19(27-21)14-7-4-6-13-5-2-3-8-15(17(13)14)30-12-25-20(32-30)18(22)31/h4,6-7,9-11,15H,2-3,5,8,12H2,1H3,(H2,22,31)(H,23,24,26,27,28). The van der Waals surface area contributed by atoms with E-state index in [1.165, 1.54) is 11.9 Å². The highest BCUT2D eigenvalue weighted by Crippen LogP contribution is 2.39. The summed E-state index contributed by atoms with van der Waals surface area (Å²) in [5, 5.41) is 9.15. The van der Waals surface area contributed by atoms with Crippen LogP contribution >= 0.6 is 0 Å². The van der Waals surface area contributed by atoms with Gasteiger partial charge in [0.05, 0.1) is 6.04 Å². The van der Waals surface area contributed by atoms with Crippen molar-refractivity contribution in [1.29, 1.82) is 0 Å². The normalized spacial score (nSPS) is 18.4. The summed E-state index contributed by atoms with van der Waals surface area (Å²) >= 11 is 0. The number of carbonyl (C=O) groups excluding carboxylic acids is 1. The lowest BCUT2D eigenvalue weighted by Crippen LogP contribution is -2.31. The molecule has 11 nitrogen and oxygen atoms in total. The van der Waals surface area contributed by atoms with Crippen LogP contribution in [0.1, 0.15) is 36.4 Å². The summed E-state index contributed by atoms with van der Waals surface area (Å²) in [6.07, 6.45) is 7.21. The molecular formula is C21H23N9O2. The molecule has 0 fully saturated rings. The second kappa shape index (κ2) is 8.35. The maximum Gasteiger partial charge on any atom is 0.306 e. The summed E-state index contributed by atoms with van der Waals surface area (Å²) in [4.78, 5) is 34.7. The lowest BCUT2D eigenvalue weighted by Gasteiger charge is -2.27. The van der Waals surface area contributed by atoms with Gasteiger partial charge in [-0.2, -0.15) is 10.1 Å². The molecule has 1 aliphatic heterocycles. The summed E-state index contributed by atoms with van der Waals surface area (Å²) in [5.41, 5.74) is 8.55. The monoisotopic (exact) mass is 433 g/mol. The van der Waals surface area contributed by atoms with E-state index in [-0.39, 0.29) is 18.6 Å². The molecule has 3 aromatic rings. The van der Waals surface area contributed by atoms with Crippen molar-refractivity contribution in [2.45, 2.75) is 31.7 Å². The lowest BCUT2D eigenvalue weighted by molar-refractivity contribution is -0.122. The maximum absolute atomic E-state index is 11.5. The molecule has 1 aliphatic carbocycles. The van der Waals surface area contributed by atoms with Crippen LogP contribution in [0.2, 0.25) is 0 Å². The Morgan fingerprint density at radius 2 is 2.16 bits per heavy atom. The highest BCUT2D eigenvalue weighted by atomic mass is 16.7. The fourth-order valence-corrected chi connectivity index (χ4v) is 4.18. The SMILES string of the molecule is Cn1ccc(Nc2ncnc(-c3cccc4c3C(N3CN=C(C(N)=O)O3)CCCC4)n2)n1. The van der Waals surface area contributed by atoms with Gasteiger partial charge in [-0.3, -0.25) is 9.48 Å². The van der Waals surface area contributed by atoms with Gasteiger partial charge in [-0.15, -0.1) is 5.06 Å². The van der Waals surface area contributed by atoms with Crippen LogP contribution in [0.3, 0.4) is 0 Å². The molecule has 1 unspecified atom stereocenters. The molecule has 164 valence electrons. The van der Waals surface area contributed by atoms with Crippen LogP contribution in [0.25, 0.3) is 11.4 Å². The third-order valence-electron chi connectivity index (χ3n) is 5.59. The smallest absolute Gasteiger partial charge is 0.306 e. The number of aryl methyl sites for hydroxylation is 2. The third-order valence-corrected chi connectivity index (χ3v) is 5.59. The van der Waals surface area contributed by atoms with Crippen LogP contribution in [0.4, 0.5) is 11.8 Å². The van der Waals surface area contributed by atoms with Gasteiger partial charge in [-0.25, -0.2) is 15.0 Å². The molecule has 0 radical (unpaired) electrons. The number of amides is 1. The average molecular weight is 433 g/mol. The van der Waals surface area contributed by atoms with E-state index >= 15 is 0 Å². The molecule has 1 amide bonds. The van der Waals surface area contributed by atoms with Gasteiger partial charge < -0.3 is 15.9 Å². The summed E-state index contributed by atoms with van der Waals surface area (Å²) in [7, 11) is 1.84. The number of nitrogens with one attached hydrogen (secondary N) is 1.